The van der Waals surface area contributed by atoms with Gasteiger partial charge in [-0.15, -0.1) is 0 Å². The average Bonchev–Trinajstić information content (AvgIpc) is 3.34. The summed E-state index contributed by atoms with van der Waals surface area (Å²) in [6.07, 6.45) is 70.7. The Kier molecular flexibility index (Phi) is 54.8. The summed E-state index contributed by atoms with van der Waals surface area (Å²) in [6, 6.07) is 0. The van der Waals surface area contributed by atoms with E-state index in [1.807, 2.05) is 12.2 Å². The number of allylic oxidation sites excluding steroid dienone is 8. The van der Waals surface area contributed by atoms with Gasteiger partial charge >= 0.3 is 17.9 Å². The average molecular weight is 954 g/mol. The van der Waals surface area contributed by atoms with E-state index in [0.717, 1.165) is 70.6 Å². The van der Waals surface area contributed by atoms with Gasteiger partial charge in [0, 0.05) is 19.3 Å². The van der Waals surface area contributed by atoms with Gasteiger partial charge in [-0.05, 0) is 44.9 Å². The first-order valence-corrected chi connectivity index (χ1v) is 29.6. The van der Waals surface area contributed by atoms with Crippen molar-refractivity contribution in [1.82, 2.24) is 0 Å². The van der Waals surface area contributed by atoms with Crippen molar-refractivity contribution >= 4 is 17.9 Å². The summed E-state index contributed by atoms with van der Waals surface area (Å²) in [4.78, 5) is 37.6. The highest BCUT2D eigenvalue weighted by atomic mass is 16.6. The number of hydrogen-bond acceptors (Lipinski definition) is 6. The molecule has 0 amide bonds. The first kappa shape index (κ1) is 65.4. The Labute approximate surface area is 422 Å². The lowest BCUT2D eigenvalue weighted by atomic mass is 10.0. The zero-order chi connectivity index (χ0) is 49.3. The number of hydrogen-bond donors (Lipinski definition) is 0. The van der Waals surface area contributed by atoms with Gasteiger partial charge in [0.25, 0.3) is 0 Å². The molecule has 0 bridgehead atoms. The fourth-order valence-electron chi connectivity index (χ4n) is 8.69. The third-order valence-corrected chi connectivity index (χ3v) is 13.1. The minimum atomic E-state index is -0.805. The molecule has 0 spiro atoms. The Bertz CT molecular complexity index is 1190. The van der Waals surface area contributed by atoms with Gasteiger partial charge in [0.2, 0.25) is 0 Å². The highest BCUT2D eigenvalue weighted by molar-refractivity contribution is 5.71. The molecule has 68 heavy (non-hydrogen) atoms. The maximum Gasteiger partial charge on any atom is 0.306 e. The van der Waals surface area contributed by atoms with Gasteiger partial charge in [-0.2, -0.15) is 0 Å². The van der Waals surface area contributed by atoms with E-state index >= 15 is 0 Å². The third kappa shape index (κ3) is 54.3. The van der Waals surface area contributed by atoms with Crippen molar-refractivity contribution in [3.05, 3.63) is 48.6 Å². The number of ether oxygens (including phenoxy) is 3. The molecular formula is C62H112O6. The van der Waals surface area contributed by atoms with E-state index < -0.39 is 6.10 Å². The maximum absolute atomic E-state index is 12.7. The lowest BCUT2D eigenvalue weighted by Gasteiger charge is -2.18. The minimum Gasteiger partial charge on any atom is -0.462 e. The minimum absolute atomic E-state index is 0.0992. The van der Waals surface area contributed by atoms with Gasteiger partial charge in [0.1, 0.15) is 13.2 Å². The Morgan fingerprint density at radius 2 is 0.574 bits per heavy atom. The summed E-state index contributed by atoms with van der Waals surface area (Å²) in [5.41, 5.74) is 0. The topological polar surface area (TPSA) is 78.9 Å². The number of carbonyl (C=O) groups excluding carboxylic acids is 3. The van der Waals surface area contributed by atoms with E-state index in [-0.39, 0.29) is 37.5 Å². The van der Waals surface area contributed by atoms with Crippen LogP contribution < -0.4 is 0 Å². The smallest absolute Gasteiger partial charge is 0.306 e. The molecule has 0 aliphatic heterocycles. The summed E-state index contributed by atoms with van der Waals surface area (Å²) in [5, 5.41) is 0. The molecule has 0 aliphatic carbocycles. The van der Waals surface area contributed by atoms with E-state index in [1.54, 1.807) is 0 Å². The van der Waals surface area contributed by atoms with Crippen LogP contribution in [0.5, 0.6) is 0 Å². The normalized spacial score (nSPS) is 12.3. The van der Waals surface area contributed by atoms with Gasteiger partial charge in [-0.25, -0.2) is 0 Å². The van der Waals surface area contributed by atoms with E-state index in [9.17, 15) is 14.4 Å². The SMILES string of the molecule is CC/C=C\C/C=C\C/C=C\C/C=C\CCC(=O)OC(COC(=O)CCCCCCC)COC(=O)CCCCCCCCCCCCCCCCCCCCCCCCCCCCCCCCCC. The quantitative estimate of drug-likeness (QED) is 0.0262. The van der Waals surface area contributed by atoms with E-state index in [0.29, 0.717) is 19.3 Å². The van der Waals surface area contributed by atoms with Crippen LogP contribution in [0.2, 0.25) is 0 Å². The molecular weight excluding hydrogens is 841 g/mol. The second kappa shape index (κ2) is 57.0. The van der Waals surface area contributed by atoms with Gasteiger partial charge in [-0.3, -0.25) is 14.4 Å². The molecule has 0 saturated carbocycles. The van der Waals surface area contributed by atoms with Crippen molar-refractivity contribution in [3.8, 4) is 0 Å². The molecule has 0 radical (unpaired) electrons. The zero-order valence-corrected chi connectivity index (χ0v) is 45.4. The van der Waals surface area contributed by atoms with Crippen LogP contribution in [0, 0.1) is 0 Å². The standard InChI is InChI=1S/C62H112O6/c1-4-7-10-13-15-17-19-21-22-23-24-25-26-27-28-29-30-31-32-33-34-35-36-37-38-39-41-42-44-46-49-52-55-61(64)67-58-59(57-66-60(63)54-51-48-12-9-6-3)68-62(65)56-53-50-47-45-43-40-20-18-16-14-11-8-5-2/h8,11,16,18,40,43,47,50,59H,4-7,9-10,12-15,17,19-39,41-42,44-46,48-49,51-58H2,1-3H3/b11-8-,18-16-,43-40-,50-47-. The molecule has 1 atom stereocenters. The Hall–Kier alpha value is -2.63. The Morgan fingerprint density at radius 3 is 0.868 bits per heavy atom. The molecule has 0 aromatic rings. The number of unbranched alkanes of at least 4 members (excludes halogenated alkanes) is 35. The molecule has 396 valence electrons. The fourth-order valence-corrected chi connectivity index (χ4v) is 8.69. The molecule has 0 heterocycles. The molecule has 0 N–H and O–H groups in total. The van der Waals surface area contributed by atoms with E-state index in [1.165, 1.54) is 193 Å². The van der Waals surface area contributed by atoms with Crippen molar-refractivity contribution in [2.45, 2.75) is 316 Å². The monoisotopic (exact) mass is 953 g/mol. The second-order valence-corrected chi connectivity index (χ2v) is 19.9. The molecule has 0 aromatic heterocycles. The number of rotatable bonds is 54. The predicted octanol–water partition coefficient (Wildman–Crippen LogP) is 19.8. The summed E-state index contributed by atoms with van der Waals surface area (Å²) in [7, 11) is 0. The molecule has 0 fully saturated rings. The van der Waals surface area contributed by atoms with Gasteiger partial charge in [0.15, 0.2) is 6.10 Å². The van der Waals surface area contributed by atoms with Crippen LogP contribution in [-0.4, -0.2) is 37.2 Å². The van der Waals surface area contributed by atoms with Crippen LogP contribution in [0.1, 0.15) is 310 Å². The van der Waals surface area contributed by atoms with Crippen LogP contribution in [0.4, 0.5) is 0 Å². The van der Waals surface area contributed by atoms with Gasteiger partial charge in [-0.1, -0.05) is 294 Å². The first-order valence-electron chi connectivity index (χ1n) is 29.6. The molecule has 0 rings (SSSR count). The molecule has 0 aliphatic rings. The van der Waals surface area contributed by atoms with Crippen molar-refractivity contribution in [3.63, 3.8) is 0 Å². The fraction of sp³-hybridized carbons (Fsp3) is 0.823. The van der Waals surface area contributed by atoms with Gasteiger partial charge < -0.3 is 14.2 Å². The summed E-state index contributed by atoms with van der Waals surface area (Å²) >= 11 is 0. The van der Waals surface area contributed by atoms with Crippen LogP contribution in [-0.2, 0) is 28.6 Å². The van der Waals surface area contributed by atoms with Crippen molar-refractivity contribution in [2.24, 2.45) is 0 Å². The summed E-state index contributed by atoms with van der Waals surface area (Å²) in [6.45, 7) is 6.40. The van der Waals surface area contributed by atoms with Crippen LogP contribution in [0.15, 0.2) is 48.6 Å². The van der Waals surface area contributed by atoms with Crippen LogP contribution in [0.25, 0.3) is 0 Å². The largest absolute Gasteiger partial charge is 0.462 e. The summed E-state index contributed by atoms with van der Waals surface area (Å²) < 4.78 is 16.6. The van der Waals surface area contributed by atoms with Crippen molar-refractivity contribution < 1.29 is 28.6 Å². The Morgan fingerprint density at radius 1 is 0.309 bits per heavy atom. The lowest BCUT2D eigenvalue weighted by molar-refractivity contribution is -0.166. The molecule has 6 heteroatoms. The predicted molar refractivity (Wildman–Crippen MR) is 293 cm³/mol. The van der Waals surface area contributed by atoms with Gasteiger partial charge in [0.05, 0.1) is 0 Å². The number of carbonyl (C=O) groups is 3. The molecule has 1 unspecified atom stereocenters. The first-order chi connectivity index (χ1) is 33.5. The Balaban J connectivity index is 3.90. The maximum atomic E-state index is 12.7. The number of esters is 3. The van der Waals surface area contributed by atoms with Crippen LogP contribution in [0.3, 0.4) is 0 Å². The van der Waals surface area contributed by atoms with Crippen molar-refractivity contribution in [1.29, 1.82) is 0 Å². The van der Waals surface area contributed by atoms with Crippen molar-refractivity contribution in [2.75, 3.05) is 13.2 Å². The molecule has 6 nitrogen and oxygen atoms in total. The van der Waals surface area contributed by atoms with E-state index in [4.69, 9.17) is 14.2 Å². The van der Waals surface area contributed by atoms with E-state index in [2.05, 4.69) is 57.2 Å². The highest BCUT2D eigenvalue weighted by Crippen LogP contribution is 2.18. The second-order valence-electron chi connectivity index (χ2n) is 19.9. The lowest BCUT2D eigenvalue weighted by Crippen LogP contribution is -2.30. The third-order valence-electron chi connectivity index (χ3n) is 13.1. The zero-order valence-electron chi connectivity index (χ0n) is 45.4. The van der Waals surface area contributed by atoms with Crippen LogP contribution >= 0.6 is 0 Å². The summed E-state index contributed by atoms with van der Waals surface area (Å²) in [5.74, 6) is -0.987. The molecule has 0 aromatic carbocycles. The highest BCUT2D eigenvalue weighted by Gasteiger charge is 2.19. The molecule has 0 saturated heterocycles.